The van der Waals surface area contributed by atoms with Gasteiger partial charge in [-0.15, -0.1) is 0 Å². The second-order valence-electron chi connectivity index (χ2n) is 5.35. The van der Waals surface area contributed by atoms with Gasteiger partial charge in [-0.25, -0.2) is 9.18 Å². The molecule has 1 aromatic carbocycles. The molecule has 0 bridgehead atoms. The number of unbranched alkanes of at least 4 members (excludes halogenated alkanes) is 1. The van der Waals surface area contributed by atoms with Gasteiger partial charge < -0.3 is 14.4 Å². The molecule has 2 rings (SSSR count). The average molecular weight is 374 g/mol. The Labute approximate surface area is 138 Å². The van der Waals surface area contributed by atoms with Crippen molar-refractivity contribution in [2.45, 2.75) is 38.7 Å². The van der Waals surface area contributed by atoms with Crippen LogP contribution in [0, 0.1) is 5.82 Å². The molecule has 1 aliphatic rings. The number of hydrogen-bond donors (Lipinski definition) is 0. The summed E-state index contributed by atoms with van der Waals surface area (Å²) in [6, 6.07) is 4.38. The summed E-state index contributed by atoms with van der Waals surface area (Å²) in [5.74, 6) is 0.328. The molecule has 1 fully saturated rings. The summed E-state index contributed by atoms with van der Waals surface area (Å²) < 4.78 is 24.7. The van der Waals surface area contributed by atoms with E-state index in [0.717, 1.165) is 25.7 Å². The van der Waals surface area contributed by atoms with Crippen molar-refractivity contribution in [1.82, 2.24) is 4.90 Å². The molecule has 0 unspecified atom stereocenters. The lowest BCUT2D eigenvalue weighted by Crippen LogP contribution is -2.42. The number of amides is 1. The molecule has 0 spiro atoms. The summed E-state index contributed by atoms with van der Waals surface area (Å²) in [5.41, 5.74) is 0. The first-order valence-electron chi connectivity index (χ1n) is 7.63. The lowest BCUT2D eigenvalue weighted by molar-refractivity contribution is 0.0667. The number of piperidine rings is 1. The highest BCUT2D eigenvalue weighted by Gasteiger charge is 2.25. The lowest BCUT2D eigenvalue weighted by Gasteiger charge is -2.31. The number of likely N-dealkylation sites (tertiary alicyclic amines) is 1. The highest BCUT2D eigenvalue weighted by Crippen LogP contribution is 2.28. The van der Waals surface area contributed by atoms with Gasteiger partial charge in [0.15, 0.2) is 0 Å². The van der Waals surface area contributed by atoms with Gasteiger partial charge in [-0.2, -0.15) is 0 Å². The van der Waals surface area contributed by atoms with E-state index >= 15 is 0 Å². The molecule has 0 aromatic heterocycles. The SMILES string of the molecule is CCCCOC(=O)N1CCC(Oc2ccc(F)cc2Br)CC1. The van der Waals surface area contributed by atoms with E-state index in [-0.39, 0.29) is 18.0 Å². The Hall–Kier alpha value is -1.30. The Morgan fingerprint density at radius 2 is 2.14 bits per heavy atom. The summed E-state index contributed by atoms with van der Waals surface area (Å²) in [6.07, 6.45) is 3.18. The Morgan fingerprint density at radius 1 is 1.41 bits per heavy atom. The van der Waals surface area contributed by atoms with Crippen molar-refractivity contribution in [3.05, 3.63) is 28.5 Å². The standard InChI is InChI=1S/C16H21BrFNO3/c1-2-3-10-21-16(20)19-8-6-13(7-9-19)22-15-5-4-12(18)11-14(15)17/h4-5,11,13H,2-3,6-10H2,1H3. The van der Waals surface area contributed by atoms with Gasteiger partial charge in [0.2, 0.25) is 0 Å². The Balaban J connectivity index is 1.78. The van der Waals surface area contributed by atoms with Gasteiger partial charge in [0.1, 0.15) is 17.7 Å². The molecule has 1 amide bonds. The largest absolute Gasteiger partial charge is 0.489 e. The van der Waals surface area contributed by atoms with Crippen molar-refractivity contribution in [2.75, 3.05) is 19.7 Å². The van der Waals surface area contributed by atoms with Gasteiger partial charge >= 0.3 is 6.09 Å². The Bertz CT molecular complexity index is 504. The number of carbonyl (C=O) groups is 1. The molecule has 22 heavy (non-hydrogen) atoms. The molecule has 1 saturated heterocycles. The third-order valence-electron chi connectivity index (χ3n) is 3.61. The van der Waals surface area contributed by atoms with Crippen molar-refractivity contribution >= 4 is 22.0 Å². The first-order chi connectivity index (χ1) is 10.6. The monoisotopic (exact) mass is 373 g/mol. The fraction of sp³-hybridized carbons (Fsp3) is 0.562. The molecule has 1 heterocycles. The maximum atomic E-state index is 13.0. The van der Waals surface area contributed by atoms with E-state index in [1.165, 1.54) is 12.1 Å². The predicted molar refractivity (Wildman–Crippen MR) is 85.6 cm³/mol. The van der Waals surface area contributed by atoms with Gasteiger partial charge in [-0.3, -0.25) is 0 Å². The van der Waals surface area contributed by atoms with E-state index in [1.54, 1.807) is 11.0 Å². The van der Waals surface area contributed by atoms with Crippen molar-refractivity contribution in [2.24, 2.45) is 0 Å². The maximum Gasteiger partial charge on any atom is 0.409 e. The normalized spacial score (nSPS) is 15.7. The molecular weight excluding hydrogens is 353 g/mol. The third kappa shape index (κ3) is 4.87. The Kier molecular flexibility index (Phi) is 6.49. The lowest BCUT2D eigenvalue weighted by atomic mass is 10.1. The molecule has 6 heteroatoms. The van der Waals surface area contributed by atoms with Crippen molar-refractivity contribution < 1.29 is 18.7 Å². The van der Waals surface area contributed by atoms with Crippen LogP contribution in [0.15, 0.2) is 22.7 Å². The van der Waals surface area contributed by atoms with Gasteiger partial charge in [0.05, 0.1) is 11.1 Å². The summed E-state index contributed by atoms with van der Waals surface area (Å²) in [7, 11) is 0. The molecule has 0 aliphatic carbocycles. The van der Waals surface area contributed by atoms with Crippen LogP contribution in [-0.4, -0.2) is 36.8 Å². The number of rotatable bonds is 5. The zero-order valence-electron chi connectivity index (χ0n) is 12.7. The van der Waals surface area contributed by atoms with Crippen LogP contribution in [0.5, 0.6) is 5.75 Å². The molecular formula is C16H21BrFNO3. The highest BCUT2D eigenvalue weighted by atomic mass is 79.9. The number of ether oxygens (including phenoxy) is 2. The minimum absolute atomic E-state index is 0.0291. The van der Waals surface area contributed by atoms with E-state index < -0.39 is 0 Å². The topological polar surface area (TPSA) is 38.8 Å². The van der Waals surface area contributed by atoms with Crippen molar-refractivity contribution in [3.63, 3.8) is 0 Å². The molecule has 122 valence electrons. The minimum atomic E-state index is -0.302. The van der Waals surface area contributed by atoms with Gasteiger partial charge in [-0.1, -0.05) is 13.3 Å². The molecule has 0 N–H and O–H groups in total. The molecule has 1 aromatic rings. The highest BCUT2D eigenvalue weighted by molar-refractivity contribution is 9.10. The van der Waals surface area contributed by atoms with Crippen LogP contribution >= 0.6 is 15.9 Å². The van der Waals surface area contributed by atoms with E-state index in [4.69, 9.17) is 9.47 Å². The average Bonchev–Trinajstić information content (AvgIpc) is 2.51. The fourth-order valence-corrected chi connectivity index (χ4v) is 2.75. The van der Waals surface area contributed by atoms with Crippen LogP contribution in [0.3, 0.4) is 0 Å². The number of hydrogen-bond acceptors (Lipinski definition) is 3. The van der Waals surface area contributed by atoms with Crippen molar-refractivity contribution in [3.8, 4) is 5.75 Å². The second-order valence-corrected chi connectivity index (χ2v) is 6.20. The zero-order valence-corrected chi connectivity index (χ0v) is 14.3. The van der Waals surface area contributed by atoms with Crippen LogP contribution in [0.2, 0.25) is 0 Å². The smallest absolute Gasteiger partial charge is 0.409 e. The first-order valence-corrected chi connectivity index (χ1v) is 8.43. The summed E-state index contributed by atoms with van der Waals surface area (Å²) in [5, 5.41) is 0. The van der Waals surface area contributed by atoms with E-state index in [0.29, 0.717) is 29.9 Å². The number of halogens is 2. The molecule has 0 atom stereocenters. The van der Waals surface area contributed by atoms with Crippen molar-refractivity contribution in [1.29, 1.82) is 0 Å². The van der Waals surface area contributed by atoms with Crippen LogP contribution in [0.4, 0.5) is 9.18 Å². The quantitative estimate of drug-likeness (QED) is 0.719. The van der Waals surface area contributed by atoms with E-state index in [1.807, 2.05) is 0 Å². The van der Waals surface area contributed by atoms with Crippen LogP contribution in [-0.2, 0) is 4.74 Å². The molecule has 1 aliphatic heterocycles. The third-order valence-corrected chi connectivity index (χ3v) is 4.23. The van der Waals surface area contributed by atoms with E-state index in [2.05, 4.69) is 22.9 Å². The zero-order chi connectivity index (χ0) is 15.9. The van der Waals surface area contributed by atoms with E-state index in [9.17, 15) is 9.18 Å². The Morgan fingerprint density at radius 3 is 2.77 bits per heavy atom. The predicted octanol–water partition coefficient (Wildman–Crippen LogP) is 4.37. The second kappa shape index (κ2) is 8.36. The fourth-order valence-electron chi connectivity index (χ4n) is 2.30. The molecule has 4 nitrogen and oxygen atoms in total. The van der Waals surface area contributed by atoms with Gasteiger partial charge in [0, 0.05) is 25.9 Å². The summed E-state index contributed by atoms with van der Waals surface area (Å²) in [6.45, 7) is 3.78. The number of nitrogens with zero attached hydrogens (tertiary/aromatic N) is 1. The van der Waals surface area contributed by atoms with Gasteiger partial charge in [0.25, 0.3) is 0 Å². The molecule has 0 saturated carbocycles. The summed E-state index contributed by atoms with van der Waals surface area (Å²) in [4.78, 5) is 13.6. The van der Waals surface area contributed by atoms with Gasteiger partial charge in [-0.05, 0) is 40.5 Å². The summed E-state index contributed by atoms with van der Waals surface area (Å²) >= 11 is 3.29. The number of carbonyl (C=O) groups excluding carboxylic acids is 1. The molecule has 0 radical (unpaired) electrons. The number of benzene rings is 1. The van der Waals surface area contributed by atoms with Crippen LogP contribution in [0.25, 0.3) is 0 Å². The van der Waals surface area contributed by atoms with Crippen LogP contribution < -0.4 is 4.74 Å². The first kappa shape index (κ1) is 17.1. The minimum Gasteiger partial charge on any atom is -0.489 e. The maximum absolute atomic E-state index is 13.0. The van der Waals surface area contributed by atoms with Crippen LogP contribution in [0.1, 0.15) is 32.6 Å².